The van der Waals surface area contributed by atoms with E-state index in [1.807, 2.05) is 19.1 Å². The minimum atomic E-state index is -0.469. The molecule has 1 heterocycles. The Morgan fingerprint density at radius 1 is 1.00 bits per heavy atom. The van der Waals surface area contributed by atoms with E-state index in [4.69, 9.17) is 20.8 Å². The van der Waals surface area contributed by atoms with Crippen LogP contribution >= 0.6 is 11.6 Å². The monoisotopic (exact) mass is 408 g/mol. The molecule has 0 fully saturated rings. The van der Waals surface area contributed by atoms with Crippen molar-refractivity contribution in [3.8, 4) is 11.3 Å². The molecule has 0 amide bonds. The lowest BCUT2D eigenvalue weighted by molar-refractivity contribution is 0.0464. The Kier molecular flexibility index (Phi) is 7.04. The number of hydrogen-bond donors (Lipinski definition) is 0. The molecule has 0 N–H and O–H groups in total. The summed E-state index contributed by atoms with van der Waals surface area (Å²) in [6.07, 6.45) is 5.04. The van der Waals surface area contributed by atoms with Gasteiger partial charge in [0.25, 0.3) is 0 Å². The topological polar surface area (TPSA) is 56.5 Å². The Morgan fingerprint density at radius 3 is 2.41 bits per heavy atom. The molecule has 0 aliphatic carbocycles. The Labute approximate surface area is 174 Å². The number of ketones is 1. The third kappa shape index (κ3) is 5.69. The van der Waals surface area contributed by atoms with E-state index in [0.29, 0.717) is 23.0 Å². The third-order valence-corrected chi connectivity index (χ3v) is 4.54. The average Bonchev–Trinajstić information content (AvgIpc) is 3.24. The average molecular weight is 409 g/mol. The highest BCUT2D eigenvalue weighted by molar-refractivity contribution is 6.30. The summed E-state index contributed by atoms with van der Waals surface area (Å²) >= 11 is 5.86. The van der Waals surface area contributed by atoms with Gasteiger partial charge in [-0.05, 0) is 42.3 Å². The zero-order valence-electron chi connectivity index (χ0n) is 16.1. The zero-order valence-corrected chi connectivity index (χ0v) is 16.8. The van der Waals surface area contributed by atoms with Crippen LogP contribution in [0.25, 0.3) is 17.4 Å². The molecular formula is C24H21ClO4. The molecule has 0 atom stereocenters. The van der Waals surface area contributed by atoms with Crippen molar-refractivity contribution in [1.82, 2.24) is 0 Å². The maximum atomic E-state index is 12.4. The van der Waals surface area contributed by atoms with E-state index in [0.717, 1.165) is 24.0 Å². The predicted molar refractivity (Wildman–Crippen MR) is 114 cm³/mol. The van der Waals surface area contributed by atoms with E-state index in [1.165, 1.54) is 6.08 Å². The standard InChI is InChI=1S/C24H21ClO4/c1-2-3-16-28-24(27)23-15-14-22(29-23)19-9-7-18(8-10-19)21(26)13-6-17-4-11-20(25)12-5-17/h4-15H,2-3,16H2,1H3/b13-6+. The lowest BCUT2D eigenvalue weighted by Gasteiger charge is -2.02. The molecular weight excluding hydrogens is 388 g/mol. The molecule has 4 nitrogen and oxygen atoms in total. The first-order chi connectivity index (χ1) is 14.1. The second kappa shape index (κ2) is 9.89. The van der Waals surface area contributed by atoms with Gasteiger partial charge in [-0.1, -0.05) is 67.4 Å². The van der Waals surface area contributed by atoms with E-state index >= 15 is 0 Å². The molecule has 0 aliphatic heterocycles. The van der Waals surface area contributed by atoms with Gasteiger partial charge in [0.05, 0.1) is 6.61 Å². The molecule has 3 aromatic rings. The summed E-state index contributed by atoms with van der Waals surface area (Å²) in [7, 11) is 0. The highest BCUT2D eigenvalue weighted by atomic mass is 35.5. The molecule has 0 spiro atoms. The van der Waals surface area contributed by atoms with E-state index in [2.05, 4.69) is 0 Å². The van der Waals surface area contributed by atoms with Crippen molar-refractivity contribution in [3.05, 3.63) is 88.6 Å². The van der Waals surface area contributed by atoms with Gasteiger partial charge < -0.3 is 9.15 Å². The normalized spacial score (nSPS) is 11.0. The molecule has 2 aromatic carbocycles. The van der Waals surface area contributed by atoms with Crippen LogP contribution in [0.2, 0.25) is 5.02 Å². The smallest absolute Gasteiger partial charge is 0.374 e. The van der Waals surface area contributed by atoms with Crippen LogP contribution in [-0.4, -0.2) is 18.4 Å². The lowest BCUT2D eigenvalue weighted by atomic mass is 10.1. The molecule has 29 heavy (non-hydrogen) atoms. The quantitative estimate of drug-likeness (QED) is 0.186. The maximum Gasteiger partial charge on any atom is 0.374 e. The minimum Gasteiger partial charge on any atom is -0.460 e. The van der Waals surface area contributed by atoms with Crippen molar-refractivity contribution in [2.45, 2.75) is 19.8 Å². The van der Waals surface area contributed by atoms with Gasteiger partial charge >= 0.3 is 5.97 Å². The number of carbonyl (C=O) groups excluding carboxylic acids is 2. The van der Waals surface area contributed by atoms with Gasteiger partial charge in [-0.15, -0.1) is 0 Å². The summed E-state index contributed by atoms with van der Waals surface area (Å²) in [4.78, 5) is 24.3. The number of hydrogen-bond acceptors (Lipinski definition) is 4. The fraction of sp³-hybridized carbons (Fsp3) is 0.167. The summed E-state index contributed by atoms with van der Waals surface area (Å²) in [6.45, 7) is 2.41. The highest BCUT2D eigenvalue weighted by Crippen LogP contribution is 2.23. The number of carbonyl (C=O) groups is 2. The van der Waals surface area contributed by atoms with Gasteiger partial charge in [0.2, 0.25) is 5.76 Å². The Bertz CT molecular complexity index is 998. The fourth-order valence-corrected chi connectivity index (χ4v) is 2.75. The summed E-state index contributed by atoms with van der Waals surface area (Å²) < 4.78 is 10.7. The van der Waals surface area contributed by atoms with Crippen molar-refractivity contribution in [3.63, 3.8) is 0 Å². The predicted octanol–water partition coefficient (Wildman–Crippen LogP) is 6.45. The number of esters is 1. The van der Waals surface area contributed by atoms with Crippen LogP contribution in [-0.2, 0) is 4.74 Å². The zero-order chi connectivity index (χ0) is 20.6. The first-order valence-corrected chi connectivity index (χ1v) is 9.80. The lowest BCUT2D eigenvalue weighted by Crippen LogP contribution is -2.04. The second-order valence-electron chi connectivity index (χ2n) is 6.48. The molecule has 0 radical (unpaired) electrons. The molecule has 0 unspecified atom stereocenters. The van der Waals surface area contributed by atoms with E-state index in [9.17, 15) is 9.59 Å². The van der Waals surface area contributed by atoms with Crippen LogP contribution in [0.1, 0.15) is 46.2 Å². The summed E-state index contributed by atoms with van der Waals surface area (Å²) in [5.74, 6) is 0.139. The van der Waals surface area contributed by atoms with Crippen molar-refractivity contribution in [2.24, 2.45) is 0 Å². The molecule has 0 saturated carbocycles. The van der Waals surface area contributed by atoms with E-state index in [-0.39, 0.29) is 11.5 Å². The summed E-state index contributed by atoms with van der Waals surface area (Å²) in [5.41, 5.74) is 2.23. The van der Waals surface area contributed by atoms with Crippen molar-refractivity contribution < 1.29 is 18.7 Å². The minimum absolute atomic E-state index is 0.105. The Hall–Kier alpha value is -3.11. The van der Waals surface area contributed by atoms with Crippen LogP contribution in [0.4, 0.5) is 0 Å². The molecule has 3 rings (SSSR count). The molecule has 5 heteroatoms. The number of ether oxygens (including phenoxy) is 1. The molecule has 148 valence electrons. The second-order valence-corrected chi connectivity index (χ2v) is 6.92. The third-order valence-electron chi connectivity index (χ3n) is 4.29. The van der Waals surface area contributed by atoms with Crippen molar-refractivity contribution in [1.29, 1.82) is 0 Å². The van der Waals surface area contributed by atoms with Crippen molar-refractivity contribution >= 4 is 29.4 Å². The van der Waals surface area contributed by atoms with Crippen LogP contribution in [0, 0.1) is 0 Å². The largest absolute Gasteiger partial charge is 0.460 e. The number of furan rings is 1. The van der Waals surface area contributed by atoms with Crippen LogP contribution in [0.3, 0.4) is 0 Å². The summed E-state index contributed by atoms with van der Waals surface area (Å²) in [5, 5.41) is 0.652. The van der Waals surface area contributed by atoms with Gasteiger partial charge in [0.1, 0.15) is 5.76 Å². The van der Waals surface area contributed by atoms with Crippen LogP contribution < -0.4 is 0 Å². The van der Waals surface area contributed by atoms with E-state index < -0.39 is 5.97 Å². The number of allylic oxidation sites excluding steroid dienone is 1. The van der Waals surface area contributed by atoms with E-state index in [1.54, 1.807) is 54.6 Å². The highest BCUT2D eigenvalue weighted by Gasteiger charge is 2.13. The van der Waals surface area contributed by atoms with Gasteiger partial charge in [-0.2, -0.15) is 0 Å². The number of halogens is 1. The first-order valence-electron chi connectivity index (χ1n) is 9.42. The fourth-order valence-electron chi connectivity index (χ4n) is 2.62. The summed E-state index contributed by atoms with van der Waals surface area (Å²) in [6, 6.07) is 17.6. The molecule has 0 aliphatic rings. The van der Waals surface area contributed by atoms with Crippen molar-refractivity contribution in [2.75, 3.05) is 6.61 Å². The van der Waals surface area contributed by atoms with Gasteiger partial charge in [0, 0.05) is 16.1 Å². The number of rotatable bonds is 8. The molecule has 0 saturated heterocycles. The van der Waals surface area contributed by atoms with Gasteiger partial charge in [0.15, 0.2) is 5.78 Å². The maximum absolute atomic E-state index is 12.4. The molecule has 0 bridgehead atoms. The first kappa shape index (κ1) is 20.6. The Morgan fingerprint density at radius 2 is 1.72 bits per heavy atom. The Balaban J connectivity index is 1.64. The van der Waals surface area contributed by atoms with Gasteiger partial charge in [-0.25, -0.2) is 4.79 Å². The number of unbranched alkanes of at least 4 members (excludes halogenated alkanes) is 1. The van der Waals surface area contributed by atoms with Crippen LogP contribution in [0.15, 0.2) is 71.2 Å². The SMILES string of the molecule is CCCCOC(=O)c1ccc(-c2ccc(C(=O)/C=C/c3ccc(Cl)cc3)cc2)o1. The number of benzene rings is 2. The van der Waals surface area contributed by atoms with Crippen LogP contribution in [0.5, 0.6) is 0 Å². The van der Waals surface area contributed by atoms with Gasteiger partial charge in [-0.3, -0.25) is 4.79 Å². The molecule has 1 aromatic heterocycles.